The lowest BCUT2D eigenvalue weighted by molar-refractivity contribution is -0.129. The lowest BCUT2D eigenvalue weighted by Gasteiger charge is -2.27. The Labute approximate surface area is 162 Å². The van der Waals surface area contributed by atoms with Gasteiger partial charge in [0.05, 0.1) is 14.2 Å². The zero-order valence-corrected chi connectivity index (χ0v) is 16.9. The van der Waals surface area contributed by atoms with Gasteiger partial charge in [-0.15, -0.1) is 0 Å². The van der Waals surface area contributed by atoms with Crippen molar-refractivity contribution in [3.8, 4) is 11.5 Å². The summed E-state index contributed by atoms with van der Waals surface area (Å²) in [6.07, 6.45) is 3.57. The average molecular weight is 377 g/mol. The van der Waals surface area contributed by atoms with Crippen LogP contribution in [0.3, 0.4) is 0 Å². The van der Waals surface area contributed by atoms with Gasteiger partial charge in [-0.3, -0.25) is 9.79 Å². The van der Waals surface area contributed by atoms with Gasteiger partial charge in [0.25, 0.3) is 0 Å². The summed E-state index contributed by atoms with van der Waals surface area (Å²) in [4.78, 5) is 18.2. The maximum Gasteiger partial charge on any atom is 0.222 e. The van der Waals surface area contributed by atoms with Crippen molar-refractivity contribution >= 4 is 11.9 Å². The van der Waals surface area contributed by atoms with Gasteiger partial charge in [-0.05, 0) is 37.0 Å². The van der Waals surface area contributed by atoms with Crippen LogP contribution in [0, 0.1) is 0 Å². The molecule has 2 rings (SSSR count). The van der Waals surface area contributed by atoms with Crippen molar-refractivity contribution in [3.05, 3.63) is 23.8 Å². The van der Waals surface area contributed by atoms with Gasteiger partial charge in [0.2, 0.25) is 5.91 Å². The number of nitrogens with one attached hydrogen (secondary N) is 2. The first-order valence-electron chi connectivity index (χ1n) is 9.57. The van der Waals surface area contributed by atoms with E-state index in [9.17, 15) is 4.79 Å². The third kappa shape index (κ3) is 5.77. The van der Waals surface area contributed by atoms with Crippen molar-refractivity contribution in [2.24, 2.45) is 4.99 Å². The number of hydrogen-bond acceptors (Lipinski definition) is 4. The second-order valence-electron chi connectivity index (χ2n) is 6.58. The summed E-state index contributed by atoms with van der Waals surface area (Å²) < 4.78 is 10.6. The molecule has 0 spiro atoms. The van der Waals surface area contributed by atoms with Crippen molar-refractivity contribution in [1.29, 1.82) is 0 Å². The molecular formula is C20H32N4O3. The highest BCUT2D eigenvalue weighted by atomic mass is 16.5. The standard InChI is InChI=1S/C20H32N4O3/c1-5-16(24-12-6-7-19(24)25)10-11-22-20(21-2)23-14-15-8-9-17(26-3)18(13-15)27-4/h8-9,13,16H,5-7,10-12,14H2,1-4H3,(H2,21,22,23). The Morgan fingerprint density at radius 3 is 2.63 bits per heavy atom. The molecule has 0 bridgehead atoms. The molecule has 7 heteroatoms. The van der Waals surface area contributed by atoms with E-state index in [1.165, 1.54) is 0 Å². The first kappa shape index (κ1) is 20.9. The molecule has 1 unspecified atom stereocenters. The molecule has 2 N–H and O–H groups in total. The van der Waals surface area contributed by atoms with Crippen LogP contribution in [-0.2, 0) is 11.3 Å². The number of guanidine groups is 1. The van der Waals surface area contributed by atoms with Gasteiger partial charge in [0.1, 0.15) is 0 Å². The van der Waals surface area contributed by atoms with Crippen LogP contribution in [0.1, 0.15) is 38.2 Å². The highest BCUT2D eigenvalue weighted by Gasteiger charge is 2.26. The fourth-order valence-electron chi connectivity index (χ4n) is 3.39. The van der Waals surface area contributed by atoms with Gasteiger partial charge in [0.15, 0.2) is 17.5 Å². The number of rotatable bonds is 9. The summed E-state index contributed by atoms with van der Waals surface area (Å²) in [5, 5.41) is 6.65. The number of amides is 1. The zero-order valence-electron chi connectivity index (χ0n) is 16.9. The van der Waals surface area contributed by atoms with Crippen LogP contribution in [-0.4, -0.2) is 57.2 Å². The Kier molecular flexibility index (Phi) is 8.23. The fourth-order valence-corrected chi connectivity index (χ4v) is 3.39. The molecule has 1 heterocycles. The lowest BCUT2D eigenvalue weighted by atomic mass is 10.1. The molecule has 1 aromatic carbocycles. The number of methoxy groups -OCH3 is 2. The molecule has 1 atom stereocenters. The summed E-state index contributed by atoms with van der Waals surface area (Å²) >= 11 is 0. The van der Waals surface area contributed by atoms with Crippen LogP contribution in [0.15, 0.2) is 23.2 Å². The van der Waals surface area contributed by atoms with Gasteiger partial charge < -0.3 is 25.0 Å². The molecule has 0 aliphatic carbocycles. The number of likely N-dealkylation sites (tertiary alicyclic amines) is 1. The normalized spacial score (nSPS) is 15.6. The molecule has 1 aromatic rings. The molecular weight excluding hydrogens is 344 g/mol. The Morgan fingerprint density at radius 2 is 2.04 bits per heavy atom. The molecule has 7 nitrogen and oxygen atoms in total. The van der Waals surface area contributed by atoms with E-state index < -0.39 is 0 Å². The minimum Gasteiger partial charge on any atom is -0.493 e. The molecule has 1 fully saturated rings. The Hall–Kier alpha value is -2.44. The number of carbonyl (C=O) groups is 1. The molecule has 1 saturated heterocycles. The molecule has 1 aliphatic rings. The molecule has 1 aliphatic heterocycles. The number of nitrogens with zero attached hydrogens (tertiary/aromatic N) is 2. The molecule has 0 aromatic heterocycles. The zero-order chi connectivity index (χ0) is 19.6. The molecule has 150 valence electrons. The number of benzene rings is 1. The van der Waals surface area contributed by atoms with Crippen LogP contribution in [0.25, 0.3) is 0 Å². The maximum atomic E-state index is 11.9. The van der Waals surface area contributed by atoms with E-state index in [1.807, 2.05) is 23.1 Å². The van der Waals surface area contributed by atoms with Gasteiger partial charge >= 0.3 is 0 Å². The van der Waals surface area contributed by atoms with E-state index in [2.05, 4.69) is 22.5 Å². The van der Waals surface area contributed by atoms with Crippen molar-refractivity contribution in [1.82, 2.24) is 15.5 Å². The summed E-state index contributed by atoms with van der Waals surface area (Å²) in [7, 11) is 5.01. The highest BCUT2D eigenvalue weighted by Crippen LogP contribution is 2.27. The van der Waals surface area contributed by atoms with E-state index in [0.717, 1.165) is 43.9 Å². The highest BCUT2D eigenvalue weighted by molar-refractivity contribution is 5.80. The smallest absolute Gasteiger partial charge is 0.222 e. The van der Waals surface area contributed by atoms with Gasteiger partial charge in [-0.2, -0.15) is 0 Å². The molecule has 1 amide bonds. The van der Waals surface area contributed by atoms with Crippen LogP contribution in [0.4, 0.5) is 0 Å². The molecule has 0 radical (unpaired) electrons. The van der Waals surface area contributed by atoms with E-state index in [-0.39, 0.29) is 5.91 Å². The Morgan fingerprint density at radius 1 is 1.26 bits per heavy atom. The van der Waals surface area contributed by atoms with Crippen molar-refractivity contribution in [3.63, 3.8) is 0 Å². The van der Waals surface area contributed by atoms with Crippen LogP contribution < -0.4 is 20.1 Å². The second kappa shape index (κ2) is 10.6. The summed E-state index contributed by atoms with van der Waals surface area (Å²) in [6, 6.07) is 6.14. The molecule has 27 heavy (non-hydrogen) atoms. The number of hydrogen-bond donors (Lipinski definition) is 2. The fraction of sp³-hybridized carbons (Fsp3) is 0.600. The summed E-state index contributed by atoms with van der Waals surface area (Å²) in [5.41, 5.74) is 1.07. The maximum absolute atomic E-state index is 11.9. The number of aliphatic imine (C=N–C) groups is 1. The van der Waals surface area contributed by atoms with E-state index in [0.29, 0.717) is 30.5 Å². The Balaban J connectivity index is 1.81. The van der Waals surface area contributed by atoms with Crippen LogP contribution in [0.2, 0.25) is 0 Å². The predicted octanol–water partition coefficient (Wildman–Crippen LogP) is 2.16. The van der Waals surface area contributed by atoms with E-state index in [1.54, 1.807) is 21.3 Å². The number of ether oxygens (including phenoxy) is 2. The van der Waals surface area contributed by atoms with Gasteiger partial charge in [-0.1, -0.05) is 13.0 Å². The minimum atomic E-state index is 0.290. The van der Waals surface area contributed by atoms with E-state index >= 15 is 0 Å². The van der Waals surface area contributed by atoms with E-state index in [4.69, 9.17) is 9.47 Å². The third-order valence-corrected chi connectivity index (χ3v) is 4.92. The second-order valence-corrected chi connectivity index (χ2v) is 6.58. The lowest BCUT2D eigenvalue weighted by Crippen LogP contribution is -2.41. The van der Waals surface area contributed by atoms with Crippen molar-refractivity contribution in [2.75, 3.05) is 34.4 Å². The van der Waals surface area contributed by atoms with Crippen molar-refractivity contribution in [2.45, 2.75) is 45.2 Å². The van der Waals surface area contributed by atoms with Gasteiger partial charge in [0, 0.05) is 39.1 Å². The Bertz CT molecular complexity index is 648. The van der Waals surface area contributed by atoms with Gasteiger partial charge in [-0.25, -0.2) is 0 Å². The predicted molar refractivity (Wildman–Crippen MR) is 107 cm³/mol. The first-order chi connectivity index (χ1) is 13.1. The molecule has 0 saturated carbocycles. The summed E-state index contributed by atoms with van der Waals surface area (Å²) in [6.45, 7) is 4.43. The topological polar surface area (TPSA) is 75.2 Å². The largest absolute Gasteiger partial charge is 0.493 e. The average Bonchev–Trinajstić information content (AvgIpc) is 3.13. The number of carbonyl (C=O) groups excluding carboxylic acids is 1. The quantitative estimate of drug-likeness (QED) is 0.510. The summed E-state index contributed by atoms with van der Waals surface area (Å²) in [5.74, 6) is 2.46. The monoisotopic (exact) mass is 376 g/mol. The van der Waals surface area contributed by atoms with Crippen molar-refractivity contribution < 1.29 is 14.3 Å². The SMILES string of the molecule is CCC(CCNC(=NC)NCc1ccc(OC)c(OC)c1)N1CCCC1=O. The van der Waals surface area contributed by atoms with Crippen LogP contribution >= 0.6 is 0 Å². The third-order valence-electron chi connectivity index (χ3n) is 4.92. The minimum absolute atomic E-state index is 0.290. The first-order valence-corrected chi connectivity index (χ1v) is 9.57. The van der Waals surface area contributed by atoms with Crippen LogP contribution in [0.5, 0.6) is 11.5 Å².